The number of nitrogens with zero attached hydrogens (tertiary/aromatic N) is 2. The van der Waals surface area contributed by atoms with Gasteiger partial charge < -0.3 is 15.0 Å². The smallest absolute Gasteiger partial charge is 0.171 e. The fourth-order valence-electron chi connectivity index (χ4n) is 3.48. The zero-order valence-electron chi connectivity index (χ0n) is 11.6. The summed E-state index contributed by atoms with van der Waals surface area (Å²) in [4.78, 5) is 4.85. The minimum absolute atomic E-state index is 0.381. The Morgan fingerprint density at radius 1 is 1.16 bits per heavy atom. The average molecular weight is 283 g/mol. The molecule has 0 bridgehead atoms. The topological polar surface area (TPSA) is 27.7 Å². The van der Waals surface area contributed by atoms with Gasteiger partial charge in [-0.05, 0) is 37.9 Å². The maximum Gasteiger partial charge on any atom is 0.171 e. The van der Waals surface area contributed by atoms with Gasteiger partial charge >= 0.3 is 0 Å². The lowest BCUT2D eigenvalue weighted by Crippen LogP contribution is -2.60. The number of thiocarbonyl (C=S) groups is 1. The molecule has 3 rings (SSSR count). The van der Waals surface area contributed by atoms with Crippen LogP contribution in [0.5, 0.6) is 0 Å². The molecule has 4 nitrogen and oxygen atoms in total. The van der Waals surface area contributed by atoms with E-state index in [2.05, 4.69) is 15.1 Å². The molecule has 2 aliphatic heterocycles. The lowest BCUT2D eigenvalue weighted by Gasteiger charge is -2.43. The van der Waals surface area contributed by atoms with Crippen molar-refractivity contribution in [3.05, 3.63) is 0 Å². The van der Waals surface area contributed by atoms with Crippen LogP contribution in [0.4, 0.5) is 0 Å². The van der Waals surface area contributed by atoms with E-state index in [4.69, 9.17) is 17.0 Å². The van der Waals surface area contributed by atoms with Crippen LogP contribution in [0.3, 0.4) is 0 Å². The Kier molecular flexibility index (Phi) is 4.56. The van der Waals surface area contributed by atoms with Gasteiger partial charge in [0.15, 0.2) is 5.11 Å². The van der Waals surface area contributed by atoms with Gasteiger partial charge in [-0.1, -0.05) is 19.3 Å². The molecule has 108 valence electrons. The molecule has 0 aromatic rings. The quantitative estimate of drug-likeness (QED) is 0.799. The summed E-state index contributed by atoms with van der Waals surface area (Å²) in [5.74, 6) is 0. The van der Waals surface area contributed by atoms with Crippen molar-refractivity contribution in [3.8, 4) is 0 Å². The van der Waals surface area contributed by atoms with Crippen LogP contribution in [0.1, 0.15) is 44.9 Å². The van der Waals surface area contributed by atoms with Crippen molar-refractivity contribution in [2.45, 2.75) is 57.1 Å². The molecular formula is C14H25N3OS. The summed E-state index contributed by atoms with van der Waals surface area (Å²) in [6, 6.07) is 0.747. The fraction of sp³-hybridized carbons (Fsp3) is 0.929. The van der Waals surface area contributed by atoms with Gasteiger partial charge in [0.05, 0.1) is 19.4 Å². The molecule has 0 spiro atoms. The molecule has 0 aromatic heterocycles. The van der Waals surface area contributed by atoms with E-state index in [0.29, 0.717) is 6.10 Å². The molecule has 19 heavy (non-hydrogen) atoms. The molecule has 1 N–H and O–H groups in total. The highest BCUT2D eigenvalue weighted by atomic mass is 32.1. The minimum atomic E-state index is 0.381. The molecule has 0 aromatic carbocycles. The molecule has 1 atom stereocenters. The monoisotopic (exact) mass is 283 g/mol. The van der Waals surface area contributed by atoms with Gasteiger partial charge in [-0.2, -0.15) is 0 Å². The summed E-state index contributed by atoms with van der Waals surface area (Å²) in [6.45, 7) is 3.78. The Balaban J connectivity index is 1.55. The molecule has 3 aliphatic rings. The first kappa shape index (κ1) is 13.6. The number of hydrogen-bond donors (Lipinski definition) is 1. The number of hydrogen-bond acceptors (Lipinski definition) is 3. The molecule has 3 fully saturated rings. The maximum absolute atomic E-state index is 5.74. The summed E-state index contributed by atoms with van der Waals surface area (Å²) in [5, 5.41) is 4.29. The summed E-state index contributed by atoms with van der Waals surface area (Å²) in [5.41, 5.74) is 0. The largest absolute Gasteiger partial charge is 0.376 e. The van der Waals surface area contributed by atoms with Gasteiger partial charge in [0.1, 0.15) is 0 Å². The molecule has 0 amide bonds. The van der Waals surface area contributed by atoms with Crippen molar-refractivity contribution in [1.82, 2.24) is 15.1 Å². The second-order valence-electron chi connectivity index (χ2n) is 6.02. The van der Waals surface area contributed by atoms with Gasteiger partial charge in [0.25, 0.3) is 0 Å². The average Bonchev–Trinajstić information content (AvgIpc) is 2.95. The van der Waals surface area contributed by atoms with E-state index in [9.17, 15) is 0 Å². The summed E-state index contributed by atoms with van der Waals surface area (Å²) in [7, 11) is 0. The molecule has 2 heterocycles. The third-order valence-corrected chi connectivity index (χ3v) is 5.01. The van der Waals surface area contributed by atoms with E-state index in [0.717, 1.165) is 37.6 Å². The fourth-order valence-corrected chi connectivity index (χ4v) is 3.68. The predicted molar refractivity (Wildman–Crippen MR) is 79.9 cm³/mol. The zero-order chi connectivity index (χ0) is 13.1. The first-order chi connectivity index (χ1) is 9.33. The van der Waals surface area contributed by atoms with E-state index < -0.39 is 0 Å². The van der Waals surface area contributed by atoms with Gasteiger partial charge in [0.2, 0.25) is 0 Å². The second-order valence-corrected chi connectivity index (χ2v) is 6.41. The highest BCUT2D eigenvalue weighted by Crippen LogP contribution is 2.24. The van der Waals surface area contributed by atoms with Crippen LogP contribution >= 0.6 is 12.2 Å². The summed E-state index contributed by atoms with van der Waals surface area (Å²) < 4.78 is 5.74. The van der Waals surface area contributed by atoms with E-state index >= 15 is 0 Å². The van der Waals surface area contributed by atoms with Crippen molar-refractivity contribution in [2.75, 3.05) is 26.5 Å². The normalized spacial score (nSPS) is 30.6. The lowest BCUT2D eigenvalue weighted by atomic mass is 9.94. The van der Waals surface area contributed by atoms with E-state index in [1.54, 1.807) is 0 Å². The third kappa shape index (κ3) is 3.38. The Labute approximate surface area is 121 Å². The maximum atomic E-state index is 5.74. The molecule has 1 saturated carbocycles. The first-order valence-electron chi connectivity index (χ1n) is 7.71. The van der Waals surface area contributed by atoms with Crippen molar-refractivity contribution >= 4 is 17.3 Å². The molecule has 0 unspecified atom stereocenters. The van der Waals surface area contributed by atoms with Gasteiger partial charge in [-0.3, -0.25) is 4.90 Å². The van der Waals surface area contributed by atoms with Crippen molar-refractivity contribution in [1.29, 1.82) is 0 Å². The standard InChI is InChI=1S/C14H25N3OS/c19-14-15-10-17(12-5-2-1-3-6-12)11-16(14)9-13-7-4-8-18-13/h12-13H,1-11H2,(H,15,19)/t13-/m0/s1. The van der Waals surface area contributed by atoms with E-state index in [1.807, 2.05) is 0 Å². The van der Waals surface area contributed by atoms with Crippen LogP contribution in [0.25, 0.3) is 0 Å². The Morgan fingerprint density at radius 3 is 2.74 bits per heavy atom. The lowest BCUT2D eigenvalue weighted by molar-refractivity contribution is 0.0438. The number of nitrogens with one attached hydrogen (secondary N) is 1. The third-order valence-electron chi connectivity index (χ3n) is 4.61. The Morgan fingerprint density at radius 2 is 2.00 bits per heavy atom. The Bertz CT molecular complexity index is 314. The van der Waals surface area contributed by atoms with Crippen LogP contribution in [-0.2, 0) is 4.74 Å². The predicted octanol–water partition coefficient (Wildman–Crippen LogP) is 1.91. The summed E-state index contributed by atoms with van der Waals surface area (Å²) >= 11 is 5.45. The van der Waals surface area contributed by atoms with Gasteiger partial charge in [-0.25, -0.2) is 0 Å². The van der Waals surface area contributed by atoms with Gasteiger partial charge in [0, 0.05) is 19.2 Å². The minimum Gasteiger partial charge on any atom is -0.376 e. The van der Waals surface area contributed by atoms with E-state index in [-0.39, 0.29) is 0 Å². The van der Waals surface area contributed by atoms with Crippen LogP contribution in [0, 0.1) is 0 Å². The van der Waals surface area contributed by atoms with Crippen LogP contribution in [0.15, 0.2) is 0 Å². The first-order valence-corrected chi connectivity index (χ1v) is 8.12. The van der Waals surface area contributed by atoms with Crippen LogP contribution < -0.4 is 5.32 Å². The molecule has 2 saturated heterocycles. The number of ether oxygens (including phenoxy) is 1. The van der Waals surface area contributed by atoms with Crippen LogP contribution in [0.2, 0.25) is 0 Å². The van der Waals surface area contributed by atoms with Gasteiger partial charge in [-0.15, -0.1) is 0 Å². The summed E-state index contributed by atoms with van der Waals surface area (Å²) in [6.07, 6.45) is 9.65. The Hall–Kier alpha value is -0.390. The highest BCUT2D eigenvalue weighted by Gasteiger charge is 2.29. The van der Waals surface area contributed by atoms with Crippen molar-refractivity contribution in [2.24, 2.45) is 0 Å². The molecule has 5 heteroatoms. The number of rotatable bonds is 3. The molecule has 0 radical (unpaired) electrons. The molecular weight excluding hydrogens is 258 g/mol. The van der Waals surface area contributed by atoms with Crippen molar-refractivity contribution < 1.29 is 4.74 Å². The van der Waals surface area contributed by atoms with Crippen LogP contribution in [-0.4, -0.2) is 53.5 Å². The molecule has 1 aliphatic carbocycles. The zero-order valence-corrected chi connectivity index (χ0v) is 12.5. The SMILES string of the molecule is S=C1NCN(C2CCCCC2)CN1C[C@@H]1CCCO1. The van der Waals surface area contributed by atoms with E-state index in [1.165, 1.54) is 44.9 Å². The van der Waals surface area contributed by atoms with Crippen molar-refractivity contribution in [3.63, 3.8) is 0 Å². The second kappa shape index (κ2) is 6.37. The highest BCUT2D eigenvalue weighted by molar-refractivity contribution is 7.80.